The van der Waals surface area contributed by atoms with E-state index in [1.54, 1.807) is 12.3 Å². The van der Waals surface area contributed by atoms with Gasteiger partial charge >= 0.3 is 0 Å². The van der Waals surface area contributed by atoms with Crippen LogP contribution in [0.5, 0.6) is 0 Å². The lowest BCUT2D eigenvalue weighted by atomic mass is 10.3. The summed E-state index contributed by atoms with van der Waals surface area (Å²) in [7, 11) is 0. The van der Waals surface area contributed by atoms with E-state index in [1.165, 1.54) is 0 Å². The Hall–Kier alpha value is -1.37. The number of aryl methyl sites for hydroxylation is 1. The van der Waals surface area contributed by atoms with E-state index in [2.05, 4.69) is 0 Å². The van der Waals surface area contributed by atoms with Gasteiger partial charge < -0.3 is 23.6 Å². The van der Waals surface area contributed by atoms with Crippen molar-refractivity contribution in [3.63, 3.8) is 0 Å². The number of ether oxygens (including phenoxy) is 1. The minimum absolute atomic E-state index is 0.0347. The number of furan rings is 1. The van der Waals surface area contributed by atoms with Crippen LogP contribution < -0.4 is 4.90 Å². The molecule has 6 heteroatoms. The molecule has 2 rings (SSSR count). The summed E-state index contributed by atoms with van der Waals surface area (Å²) in [5.74, 6) is 0.710. The molecule has 20 heavy (non-hydrogen) atoms. The Balaban J connectivity index is 2.21. The standard InChI is InChI=1S/C14H19NO4S/c1-3-15(4-6-17-7-5-16)12-8-11(20)14-13(19-12)10(2)9-18-14/h8-9,16H,3-7H2,1-2H3. The van der Waals surface area contributed by atoms with Crippen LogP contribution in [0, 0.1) is 11.4 Å². The van der Waals surface area contributed by atoms with Gasteiger partial charge in [0.05, 0.1) is 30.6 Å². The maximum Gasteiger partial charge on any atom is 0.197 e. The van der Waals surface area contributed by atoms with Gasteiger partial charge in [-0.25, -0.2) is 0 Å². The first-order chi connectivity index (χ1) is 9.67. The van der Waals surface area contributed by atoms with Crippen molar-refractivity contribution in [2.24, 2.45) is 0 Å². The highest BCUT2D eigenvalue weighted by Crippen LogP contribution is 2.27. The molecule has 0 unspecified atom stereocenters. The molecule has 0 saturated carbocycles. The van der Waals surface area contributed by atoms with Crippen LogP contribution in [0.15, 0.2) is 21.2 Å². The summed E-state index contributed by atoms with van der Waals surface area (Å²) in [6.45, 7) is 6.33. The van der Waals surface area contributed by atoms with Gasteiger partial charge in [0.2, 0.25) is 0 Å². The van der Waals surface area contributed by atoms with Crippen LogP contribution in [-0.2, 0) is 4.74 Å². The lowest BCUT2D eigenvalue weighted by Crippen LogP contribution is -2.27. The number of likely N-dealkylation sites (N-methyl/N-ethyl adjacent to an activating group) is 1. The SMILES string of the molecule is CCN(CCOCCO)c1cc(=S)c2occ(C)c2o1. The number of anilines is 1. The zero-order valence-electron chi connectivity index (χ0n) is 11.7. The van der Waals surface area contributed by atoms with Gasteiger partial charge in [-0.05, 0) is 13.8 Å². The van der Waals surface area contributed by atoms with Gasteiger partial charge in [-0.15, -0.1) is 0 Å². The van der Waals surface area contributed by atoms with E-state index in [1.807, 2.05) is 18.7 Å². The third-order valence-corrected chi connectivity index (χ3v) is 3.34. The summed E-state index contributed by atoms with van der Waals surface area (Å²) < 4.78 is 17.2. The second-order valence-corrected chi connectivity index (χ2v) is 4.88. The molecule has 0 saturated heterocycles. The third-order valence-electron chi connectivity index (χ3n) is 3.04. The molecule has 0 spiro atoms. The number of aliphatic hydroxyl groups excluding tert-OH is 1. The summed E-state index contributed by atoms with van der Waals surface area (Å²) in [4.78, 5) is 2.04. The van der Waals surface area contributed by atoms with Crippen molar-refractivity contribution in [3.8, 4) is 0 Å². The van der Waals surface area contributed by atoms with E-state index in [4.69, 9.17) is 30.9 Å². The molecule has 110 valence electrons. The van der Waals surface area contributed by atoms with Crippen molar-refractivity contribution in [1.82, 2.24) is 0 Å². The van der Waals surface area contributed by atoms with Gasteiger partial charge in [-0.2, -0.15) is 0 Å². The molecular formula is C14H19NO4S. The van der Waals surface area contributed by atoms with Crippen molar-refractivity contribution in [1.29, 1.82) is 0 Å². The van der Waals surface area contributed by atoms with Crippen LogP contribution in [-0.4, -0.2) is 38.0 Å². The van der Waals surface area contributed by atoms with Crippen molar-refractivity contribution in [3.05, 3.63) is 22.4 Å². The largest absolute Gasteiger partial charge is 0.459 e. The highest BCUT2D eigenvalue weighted by molar-refractivity contribution is 7.71. The van der Waals surface area contributed by atoms with Gasteiger partial charge in [-0.3, -0.25) is 0 Å². The Morgan fingerprint density at radius 2 is 2.15 bits per heavy atom. The summed E-state index contributed by atoms with van der Waals surface area (Å²) in [5, 5.41) is 8.69. The van der Waals surface area contributed by atoms with Gasteiger partial charge in [0.1, 0.15) is 0 Å². The number of fused-ring (bicyclic) bond motifs is 1. The maximum atomic E-state index is 8.69. The minimum Gasteiger partial charge on any atom is -0.459 e. The van der Waals surface area contributed by atoms with Crippen molar-refractivity contribution >= 4 is 29.3 Å². The first kappa shape index (κ1) is 15.0. The van der Waals surface area contributed by atoms with Gasteiger partial charge in [0, 0.05) is 24.7 Å². The molecule has 5 nitrogen and oxygen atoms in total. The van der Waals surface area contributed by atoms with E-state index < -0.39 is 0 Å². The average molecular weight is 297 g/mol. The Kier molecular flexibility index (Phi) is 5.17. The maximum absolute atomic E-state index is 8.69. The minimum atomic E-state index is 0.0347. The van der Waals surface area contributed by atoms with E-state index in [0.717, 1.165) is 12.1 Å². The first-order valence-corrected chi connectivity index (χ1v) is 7.03. The van der Waals surface area contributed by atoms with Crippen LogP contribution in [0.1, 0.15) is 12.5 Å². The van der Waals surface area contributed by atoms with Crippen molar-refractivity contribution in [2.75, 3.05) is 37.8 Å². The van der Waals surface area contributed by atoms with Gasteiger partial charge in [0.15, 0.2) is 17.1 Å². The molecule has 0 bridgehead atoms. The number of nitrogens with zero attached hydrogens (tertiary/aromatic N) is 1. The molecule has 1 N–H and O–H groups in total. The molecule has 0 radical (unpaired) electrons. The monoisotopic (exact) mass is 297 g/mol. The second kappa shape index (κ2) is 6.88. The molecule has 0 amide bonds. The fourth-order valence-electron chi connectivity index (χ4n) is 1.96. The molecular weight excluding hydrogens is 278 g/mol. The smallest absolute Gasteiger partial charge is 0.197 e. The molecule has 2 heterocycles. The molecule has 0 aromatic carbocycles. The number of hydrogen-bond donors (Lipinski definition) is 1. The third kappa shape index (κ3) is 3.20. The van der Waals surface area contributed by atoms with E-state index in [0.29, 0.717) is 41.3 Å². The molecule has 0 aliphatic heterocycles. The molecule has 0 aliphatic carbocycles. The highest BCUT2D eigenvalue weighted by atomic mass is 32.1. The van der Waals surface area contributed by atoms with E-state index in [-0.39, 0.29) is 6.61 Å². The van der Waals surface area contributed by atoms with Gasteiger partial charge in [0.25, 0.3) is 0 Å². The first-order valence-electron chi connectivity index (χ1n) is 6.62. The number of rotatable bonds is 7. The molecule has 2 aromatic rings. The van der Waals surface area contributed by atoms with Crippen LogP contribution in [0.2, 0.25) is 0 Å². The topological polar surface area (TPSA) is 59.0 Å². The Morgan fingerprint density at radius 3 is 2.85 bits per heavy atom. The van der Waals surface area contributed by atoms with Crippen LogP contribution in [0.25, 0.3) is 11.2 Å². The molecule has 0 fully saturated rings. The lowest BCUT2D eigenvalue weighted by Gasteiger charge is -2.21. The van der Waals surface area contributed by atoms with Crippen molar-refractivity contribution in [2.45, 2.75) is 13.8 Å². The predicted molar refractivity (Wildman–Crippen MR) is 79.8 cm³/mol. The summed E-state index contributed by atoms with van der Waals surface area (Å²) in [5.41, 5.74) is 2.25. The van der Waals surface area contributed by atoms with E-state index >= 15 is 0 Å². The van der Waals surface area contributed by atoms with E-state index in [9.17, 15) is 0 Å². The van der Waals surface area contributed by atoms with Crippen LogP contribution in [0.4, 0.5) is 5.88 Å². The Morgan fingerprint density at radius 1 is 1.35 bits per heavy atom. The predicted octanol–water partition coefficient (Wildman–Crippen LogP) is 2.90. The van der Waals surface area contributed by atoms with Crippen LogP contribution >= 0.6 is 12.2 Å². The number of aliphatic hydroxyl groups is 1. The summed E-state index contributed by atoms with van der Waals surface area (Å²) in [6, 6.07) is 1.80. The van der Waals surface area contributed by atoms with Crippen LogP contribution in [0.3, 0.4) is 0 Å². The second-order valence-electron chi connectivity index (χ2n) is 4.44. The fourth-order valence-corrected chi connectivity index (χ4v) is 2.20. The highest BCUT2D eigenvalue weighted by Gasteiger charge is 2.13. The average Bonchev–Trinajstić information content (AvgIpc) is 2.81. The Labute approximate surface area is 122 Å². The molecule has 0 atom stereocenters. The quantitative estimate of drug-likeness (QED) is 0.626. The van der Waals surface area contributed by atoms with Crippen molar-refractivity contribution < 1.29 is 18.7 Å². The zero-order chi connectivity index (χ0) is 14.5. The molecule has 0 aliphatic rings. The normalized spacial score (nSPS) is 11.2. The number of hydrogen-bond acceptors (Lipinski definition) is 6. The fraction of sp³-hybridized carbons (Fsp3) is 0.500. The Bertz CT molecular complexity index is 619. The van der Waals surface area contributed by atoms with Gasteiger partial charge in [-0.1, -0.05) is 12.2 Å². The lowest BCUT2D eigenvalue weighted by molar-refractivity contribution is 0.0964. The summed E-state index contributed by atoms with van der Waals surface area (Å²) in [6.07, 6.45) is 1.65. The zero-order valence-corrected chi connectivity index (χ0v) is 12.5. The molecule has 2 aromatic heterocycles. The summed E-state index contributed by atoms with van der Waals surface area (Å²) >= 11 is 5.33.